The van der Waals surface area contributed by atoms with Gasteiger partial charge in [0.1, 0.15) is 23.5 Å². The number of benzene rings is 1. The molecule has 1 aromatic heterocycles. The van der Waals surface area contributed by atoms with Gasteiger partial charge in [-0.3, -0.25) is 9.59 Å². The Morgan fingerprint density at radius 2 is 2.07 bits per heavy atom. The van der Waals surface area contributed by atoms with Gasteiger partial charge < -0.3 is 27.1 Å². The summed E-state index contributed by atoms with van der Waals surface area (Å²) in [5, 5.41) is 14.3. The van der Waals surface area contributed by atoms with Gasteiger partial charge in [0.05, 0.1) is 5.56 Å². The minimum Gasteiger partial charge on any atom is -0.370 e. The largest absolute Gasteiger partial charge is 0.416 e. The maximum Gasteiger partial charge on any atom is 0.416 e. The van der Waals surface area contributed by atoms with Crippen molar-refractivity contribution in [2.75, 3.05) is 16.4 Å². The zero-order valence-electron chi connectivity index (χ0n) is 15.2. The number of amides is 2. The number of aromatic nitrogens is 2. The number of anilines is 3. The number of H-pyrrole nitrogens is 1. The molecule has 0 unspecified atom stereocenters. The van der Waals surface area contributed by atoms with Crippen LogP contribution in [-0.2, 0) is 15.8 Å². The first kappa shape index (κ1) is 22.6. The maximum atomic E-state index is 12.9. The quantitative estimate of drug-likeness (QED) is 0.413. The second-order valence-electron chi connectivity index (χ2n) is 6.06. The molecule has 7 N–H and O–H groups in total. The van der Waals surface area contributed by atoms with Crippen molar-refractivity contribution in [2.24, 2.45) is 5.73 Å². The Morgan fingerprint density at radius 3 is 2.67 bits per heavy atom. The summed E-state index contributed by atoms with van der Waals surface area (Å²) >= 11 is 4.95. The molecule has 0 radical (unpaired) electrons. The van der Waals surface area contributed by atoms with Gasteiger partial charge in [0.15, 0.2) is 10.6 Å². The molecule has 9 nitrogen and oxygen atoms in total. The van der Waals surface area contributed by atoms with E-state index in [1.165, 1.54) is 6.07 Å². The molecule has 0 saturated heterocycles. The molecule has 0 bridgehead atoms. The number of nitrogens with zero attached hydrogens (tertiary/aromatic N) is 2. The molecule has 0 spiro atoms. The van der Waals surface area contributed by atoms with Crippen LogP contribution in [0.3, 0.4) is 0 Å². The lowest BCUT2D eigenvalue weighted by Crippen LogP contribution is -2.36. The van der Waals surface area contributed by atoms with Crippen molar-refractivity contribution < 1.29 is 22.8 Å². The average Bonchev–Trinajstić information content (AvgIpc) is 2.64. The number of nitrogens with one attached hydrogen (secondary N) is 3. The number of rotatable bonds is 7. The first-order valence-corrected chi connectivity index (χ1v) is 8.75. The third kappa shape index (κ3) is 5.92. The minimum atomic E-state index is -4.59. The lowest BCUT2D eigenvalue weighted by atomic mass is 10.1. The molecule has 0 fully saturated rings. The van der Waals surface area contributed by atoms with Gasteiger partial charge in [0.25, 0.3) is 0 Å². The van der Waals surface area contributed by atoms with E-state index in [2.05, 4.69) is 20.6 Å². The molecule has 0 saturated carbocycles. The molecule has 1 aromatic carbocycles. The van der Waals surface area contributed by atoms with Crippen molar-refractivity contribution in [1.82, 2.24) is 9.97 Å². The van der Waals surface area contributed by atoms with Gasteiger partial charge >= 0.3 is 6.18 Å². The number of hydrogen-bond donors (Lipinski definition) is 5. The number of carbonyl (C=O) groups is 2. The van der Waals surface area contributed by atoms with Gasteiger partial charge in [-0.1, -0.05) is 18.3 Å². The molecule has 1 atom stereocenters. The number of halogens is 3. The number of primary amides is 1. The molecule has 13 heteroatoms. The van der Waals surface area contributed by atoms with E-state index in [1.54, 1.807) is 0 Å². The van der Waals surface area contributed by atoms with Crippen LogP contribution >= 0.6 is 12.2 Å². The van der Waals surface area contributed by atoms with Gasteiger partial charge in [-0.25, -0.2) is 4.98 Å². The van der Waals surface area contributed by atoms with Crippen LogP contribution in [0.2, 0.25) is 0 Å². The third-order valence-electron chi connectivity index (χ3n) is 3.82. The molecular weight excluding hydrogens is 423 g/mol. The standard InChI is InChI=1S/C17H16F3N7O2S/c18-17(19,20)8-2-1-3-9(6-8)24-14(29)11(4-5-12(22)28)25-13-10(7-21)15(30)27-16(23)26-13/h1-3,6,11H,4-5H2,(H2,22,28)(H,24,29)(H4,23,25,26,27,30)/t11-/m0/s1. The van der Waals surface area contributed by atoms with Crippen LogP contribution in [0, 0.1) is 16.0 Å². The van der Waals surface area contributed by atoms with Crippen LogP contribution in [0.25, 0.3) is 0 Å². The van der Waals surface area contributed by atoms with Crippen LogP contribution < -0.4 is 22.1 Å². The van der Waals surface area contributed by atoms with Crippen molar-refractivity contribution in [1.29, 1.82) is 5.26 Å². The Labute approximate surface area is 173 Å². The number of nitriles is 1. The van der Waals surface area contributed by atoms with Crippen LogP contribution in [-0.4, -0.2) is 27.8 Å². The molecule has 0 aliphatic carbocycles. The molecule has 2 rings (SSSR count). The molecule has 0 aliphatic heterocycles. The molecule has 2 aromatic rings. The van der Waals surface area contributed by atoms with Crippen LogP contribution in [0.15, 0.2) is 24.3 Å². The molecule has 1 heterocycles. The van der Waals surface area contributed by atoms with E-state index in [-0.39, 0.29) is 40.5 Å². The van der Waals surface area contributed by atoms with E-state index in [0.29, 0.717) is 0 Å². The van der Waals surface area contributed by atoms with Crippen molar-refractivity contribution >= 4 is 41.5 Å². The SMILES string of the molecule is N#Cc1c(N[C@@H](CCC(N)=O)C(=O)Nc2cccc(C(F)(F)F)c2)[nH]c(N)nc1=S. The number of carbonyl (C=O) groups excluding carboxylic acids is 2. The topological polar surface area (TPSA) is 163 Å². The normalized spacial score (nSPS) is 11.9. The number of aromatic amines is 1. The summed E-state index contributed by atoms with van der Waals surface area (Å²) in [6, 6.07) is 4.69. The van der Waals surface area contributed by atoms with Gasteiger partial charge in [0.2, 0.25) is 11.8 Å². The Hall–Kier alpha value is -3.66. The molecule has 0 aliphatic rings. The number of alkyl halides is 3. The van der Waals surface area contributed by atoms with E-state index in [4.69, 9.17) is 23.7 Å². The molecule has 158 valence electrons. The van der Waals surface area contributed by atoms with Crippen molar-refractivity contribution in [3.8, 4) is 6.07 Å². The second-order valence-corrected chi connectivity index (χ2v) is 6.45. The Bertz CT molecular complexity index is 1060. The van der Waals surface area contributed by atoms with Gasteiger partial charge in [-0.05, 0) is 24.6 Å². The van der Waals surface area contributed by atoms with Gasteiger partial charge in [-0.15, -0.1) is 0 Å². The lowest BCUT2D eigenvalue weighted by molar-refractivity contribution is -0.137. The Morgan fingerprint density at radius 1 is 1.37 bits per heavy atom. The number of nitrogen functional groups attached to an aromatic ring is 1. The third-order valence-corrected chi connectivity index (χ3v) is 4.12. The van der Waals surface area contributed by atoms with Crippen molar-refractivity contribution in [2.45, 2.75) is 25.1 Å². The highest BCUT2D eigenvalue weighted by Gasteiger charge is 2.31. The summed E-state index contributed by atoms with van der Waals surface area (Å²) in [7, 11) is 0. The molecule has 30 heavy (non-hydrogen) atoms. The minimum absolute atomic E-state index is 0.0244. The predicted molar refractivity (Wildman–Crippen MR) is 104 cm³/mol. The first-order valence-electron chi connectivity index (χ1n) is 8.34. The highest BCUT2D eigenvalue weighted by atomic mass is 32.1. The summed E-state index contributed by atoms with van der Waals surface area (Å²) in [4.78, 5) is 30.1. The molecular formula is C17H16F3N7O2S. The van der Waals surface area contributed by atoms with Crippen LogP contribution in [0.4, 0.5) is 30.6 Å². The zero-order chi connectivity index (χ0) is 22.5. The summed E-state index contributed by atoms with van der Waals surface area (Å²) in [5.41, 5.74) is 9.55. The first-order chi connectivity index (χ1) is 14.0. The number of hydrogen-bond acceptors (Lipinski definition) is 7. The van der Waals surface area contributed by atoms with Crippen LogP contribution in [0.1, 0.15) is 24.0 Å². The van der Waals surface area contributed by atoms with E-state index in [1.807, 2.05) is 6.07 Å². The smallest absolute Gasteiger partial charge is 0.370 e. The summed E-state index contributed by atoms with van der Waals surface area (Å²) in [5.74, 6) is -1.62. The Kier molecular flexibility index (Phi) is 6.96. The van der Waals surface area contributed by atoms with Crippen molar-refractivity contribution in [3.63, 3.8) is 0 Å². The van der Waals surface area contributed by atoms with Gasteiger partial charge in [-0.2, -0.15) is 18.4 Å². The maximum absolute atomic E-state index is 12.9. The van der Waals surface area contributed by atoms with E-state index < -0.39 is 29.6 Å². The van der Waals surface area contributed by atoms with E-state index in [0.717, 1.165) is 18.2 Å². The Balaban J connectivity index is 2.31. The lowest BCUT2D eigenvalue weighted by Gasteiger charge is -2.20. The summed E-state index contributed by atoms with van der Waals surface area (Å²) in [6.45, 7) is 0. The van der Waals surface area contributed by atoms with E-state index >= 15 is 0 Å². The van der Waals surface area contributed by atoms with Crippen molar-refractivity contribution in [3.05, 3.63) is 40.0 Å². The summed E-state index contributed by atoms with van der Waals surface area (Å²) < 4.78 is 38.5. The monoisotopic (exact) mass is 439 g/mol. The second kappa shape index (κ2) is 9.23. The fourth-order valence-electron chi connectivity index (χ4n) is 2.44. The van der Waals surface area contributed by atoms with E-state index in [9.17, 15) is 28.0 Å². The fraction of sp³-hybridized carbons (Fsp3) is 0.235. The number of nitrogens with two attached hydrogens (primary N) is 2. The molecule has 2 amide bonds. The average molecular weight is 439 g/mol. The highest BCUT2D eigenvalue weighted by molar-refractivity contribution is 7.71. The zero-order valence-corrected chi connectivity index (χ0v) is 16.0. The fourth-order valence-corrected chi connectivity index (χ4v) is 2.68. The highest BCUT2D eigenvalue weighted by Crippen LogP contribution is 2.30. The predicted octanol–water partition coefficient (Wildman–Crippen LogP) is 2.30. The van der Waals surface area contributed by atoms with Crippen LogP contribution in [0.5, 0.6) is 0 Å². The van der Waals surface area contributed by atoms with Gasteiger partial charge in [0, 0.05) is 12.1 Å². The summed E-state index contributed by atoms with van der Waals surface area (Å²) in [6.07, 6.45) is -4.92.